The average Bonchev–Trinajstić information content (AvgIpc) is 2.42. The number of aliphatic carboxylic acids is 1. The fourth-order valence-corrected chi connectivity index (χ4v) is 2.15. The number of ether oxygens (including phenoxy) is 1. The van der Waals surface area contributed by atoms with E-state index in [4.69, 9.17) is 4.74 Å². The second-order valence-corrected chi connectivity index (χ2v) is 5.29. The van der Waals surface area contributed by atoms with Crippen molar-refractivity contribution in [3.8, 4) is 0 Å². The fraction of sp³-hybridized carbons (Fsp3) is 0.500. The van der Waals surface area contributed by atoms with Crippen molar-refractivity contribution in [2.75, 3.05) is 0 Å². The van der Waals surface area contributed by atoms with Crippen LogP contribution < -0.4 is 0 Å². The maximum Gasteiger partial charge on any atom is 0.338 e. The van der Waals surface area contributed by atoms with Gasteiger partial charge in [0.15, 0.2) is 0 Å². The number of esters is 1. The molecular formula is C16H22O4. The quantitative estimate of drug-likeness (QED) is 0.777. The number of carbonyl (C=O) groups is 2. The molecule has 2 atom stereocenters. The van der Waals surface area contributed by atoms with Gasteiger partial charge in [-0.3, -0.25) is 4.79 Å². The van der Waals surface area contributed by atoms with Gasteiger partial charge in [0.2, 0.25) is 0 Å². The second kappa shape index (κ2) is 7.68. The van der Waals surface area contributed by atoms with Gasteiger partial charge >= 0.3 is 11.9 Å². The number of rotatable bonds is 7. The van der Waals surface area contributed by atoms with E-state index in [0.717, 1.165) is 0 Å². The molecule has 0 aromatic heterocycles. The monoisotopic (exact) mass is 278 g/mol. The Morgan fingerprint density at radius 1 is 1.20 bits per heavy atom. The van der Waals surface area contributed by atoms with Crippen LogP contribution in [0.25, 0.3) is 0 Å². The highest BCUT2D eigenvalue weighted by molar-refractivity contribution is 5.89. The summed E-state index contributed by atoms with van der Waals surface area (Å²) >= 11 is 0. The molecule has 4 heteroatoms. The number of carbonyl (C=O) groups excluding carboxylic acids is 1. The Bertz CT molecular complexity index is 439. The summed E-state index contributed by atoms with van der Waals surface area (Å²) in [5.41, 5.74) is 0.444. The Hall–Kier alpha value is -1.84. The van der Waals surface area contributed by atoms with Crippen molar-refractivity contribution in [2.24, 2.45) is 11.8 Å². The van der Waals surface area contributed by atoms with Gasteiger partial charge in [0.25, 0.3) is 0 Å². The third kappa shape index (κ3) is 4.68. The smallest absolute Gasteiger partial charge is 0.338 e. The molecule has 0 amide bonds. The van der Waals surface area contributed by atoms with Crippen LogP contribution in [0.15, 0.2) is 30.3 Å². The topological polar surface area (TPSA) is 63.6 Å². The molecule has 0 spiro atoms. The number of hydrogen-bond acceptors (Lipinski definition) is 3. The first-order valence-electron chi connectivity index (χ1n) is 6.94. The third-order valence-electron chi connectivity index (χ3n) is 3.16. The van der Waals surface area contributed by atoms with Gasteiger partial charge in [-0.2, -0.15) is 0 Å². The summed E-state index contributed by atoms with van der Waals surface area (Å²) in [7, 11) is 0. The Morgan fingerprint density at radius 3 is 2.25 bits per heavy atom. The second-order valence-electron chi connectivity index (χ2n) is 5.29. The molecular weight excluding hydrogens is 256 g/mol. The Morgan fingerprint density at radius 2 is 1.80 bits per heavy atom. The lowest BCUT2D eigenvalue weighted by molar-refractivity contribution is -0.146. The van der Waals surface area contributed by atoms with E-state index in [1.807, 2.05) is 26.8 Å². The predicted octanol–water partition coefficient (Wildman–Crippen LogP) is 3.37. The summed E-state index contributed by atoms with van der Waals surface area (Å²) in [6.07, 6.45) is 0.389. The predicted molar refractivity (Wildman–Crippen MR) is 76.5 cm³/mol. The van der Waals surface area contributed by atoms with Gasteiger partial charge in [-0.05, 0) is 30.9 Å². The average molecular weight is 278 g/mol. The molecule has 1 aromatic rings. The molecule has 1 rings (SSSR count). The number of carboxylic acids is 1. The summed E-state index contributed by atoms with van der Waals surface area (Å²) < 4.78 is 5.39. The molecule has 0 bridgehead atoms. The molecule has 4 nitrogen and oxygen atoms in total. The largest absolute Gasteiger partial charge is 0.481 e. The minimum Gasteiger partial charge on any atom is -0.481 e. The van der Waals surface area contributed by atoms with Crippen molar-refractivity contribution in [1.82, 2.24) is 0 Å². The van der Waals surface area contributed by atoms with E-state index < -0.39 is 24.0 Å². The SMILES string of the molecule is CCC(OC(=O)c1ccccc1)C(CC(C)C)C(=O)O. The molecule has 1 N–H and O–H groups in total. The van der Waals surface area contributed by atoms with Gasteiger partial charge < -0.3 is 9.84 Å². The van der Waals surface area contributed by atoms with Gasteiger partial charge in [-0.1, -0.05) is 39.0 Å². The molecule has 0 fully saturated rings. The lowest BCUT2D eigenvalue weighted by Gasteiger charge is -2.24. The Balaban J connectivity index is 2.79. The Labute approximate surface area is 119 Å². The van der Waals surface area contributed by atoms with Gasteiger partial charge in [0.1, 0.15) is 6.10 Å². The fourth-order valence-electron chi connectivity index (χ4n) is 2.15. The zero-order valence-electron chi connectivity index (χ0n) is 12.2. The van der Waals surface area contributed by atoms with Crippen LogP contribution in [-0.2, 0) is 9.53 Å². The molecule has 0 aliphatic heterocycles. The van der Waals surface area contributed by atoms with E-state index in [1.54, 1.807) is 24.3 Å². The standard InChI is InChI=1S/C16H22O4/c1-4-14(13(15(17)18)10-11(2)3)20-16(19)12-8-6-5-7-9-12/h5-9,11,13-14H,4,10H2,1-3H3,(H,17,18). The van der Waals surface area contributed by atoms with Crippen molar-refractivity contribution in [1.29, 1.82) is 0 Å². The van der Waals surface area contributed by atoms with Crippen LogP contribution in [0, 0.1) is 11.8 Å². The maximum atomic E-state index is 12.0. The normalized spacial score (nSPS) is 13.8. The first-order valence-corrected chi connectivity index (χ1v) is 6.94. The zero-order chi connectivity index (χ0) is 15.1. The molecule has 0 saturated heterocycles. The van der Waals surface area contributed by atoms with Gasteiger partial charge in [0, 0.05) is 0 Å². The molecule has 2 unspecified atom stereocenters. The maximum absolute atomic E-state index is 12.0. The van der Waals surface area contributed by atoms with E-state index >= 15 is 0 Å². The molecule has 110 valence electrons. The highest BCUT2D eigenvalue weighted by Gasteiger charge is 2.30. The van der Waals surface area contributed by atoms with Gasteiger partial charge in [0.05, 0.1) is 11.5 Å². The number of carboxylic acid groups (broad SMARTS) is 1. The van der Waals surface area contributed by atoms with Crippen LogP contribution in [0.1, 0.15) is 44.0 Å². The van der Waals surface area contributed by atoms with Crippen LogP contribution in [-0.4, -0.2) is 23.1 Å². The molecule has 0 aliphatic rings. The molecule has 0 saturated carbocycles. The van der Waals surface area contributed by atoms with Crippen molar-refractivity contribution in [3.05, 3.63) is 35.9 Å². The summed E-state index contributed by atoms with van der Waals surface area (Å²) in [6.45, 7) is 5.75. The lowest BCUT2D eigenvalue weighted by atomic mass is 9.91. The van der Waals surface area contributed by atoms with Crippen molar-refractivity contribution < 1.29 is 19.4 Å². The molecule has 0 radical (unpaired) electrons. The minimum atomic E-state index is -0.911. The van der Waals surface area contributed by atoms with Gasteiger partial charge in [-0.25, -0.2) is 4.79 Å². The van der Waals surface area contributed by atoms with Gasteiger partial charge in [-0.15, -0.1) is 0 Å². The van der Waals surface area contributed by atoms with E-state index in [-0.39, 0.29) is 5.92 Å². The first kappa shape index (κ1) is 16.2. The zero-order valence-corrected chi connectivity index (χ0v) is 12.2. The molecule has 0 aliphatic carbocycles. The van der Waals surface area contributed by atoms with E-state index in [9.17, 15) is 14.7 Å². The first-order chi connectivity index (χ1) is 9.45. The van der Waals surface area contributed by atoms with Crippen LogP contribution in [0.4, 0.5) is 0 Å². The van der Waals surface area contributed by atoms with Crippen LogP contribution in [0.3, 0.4) is 0 Å². The van der Waals surface area contributed by atoms with Crippen LogP contribution in [0.2, 0.25) is 0 Å². The van der Waals surface area contributed by atoms with Crippen molar-refractivity contribution >= 4 is 11.9 Å². The molecule has 0 heterocycles. The van der Waals surface area contributed by atoms with Crippen molar-refractivity contribution in [3.63, 3.8) is 0 Å². The van der Waals surface area contributed by atoms with E-state index in [2.05, 4.69) is 0 Å². The van der Waals surface area contributed by atoms with Crippen molar-refractivity contribution in [2.45, 2.75) is 39.7 Å². The lowest BCUT2D eigenvalue weighted by Crippen LogP contribution is -2.33. The van der Waals surface area contributed by atoms with E-state index in [1.165, 1.54) is 0 Å². The number of benzene rings is 1. The molecule has 1 aromatic carbocycles. The van der Waals surface area contributed by atoms with Crippen LogP contribution in [0.5, 0.6) is 0 Å². The summed E-state index contributed by atoms with van der Waals surface area (Å²) in [6, 6.07) is 8.63. The van der Waals surface area contributed by atoms with E-state index in [0.29, 0.717) is 18.4 Å². The highest BCUT2D eigenvalue weighted by atomic mass is 16.5. The third-order valence-corrected chi connectivity index (χ3v) is 3.16. The minimum absolute atomic E-state index is 0.237. The Kier molecular flexibility index (Phi) is 6.22. The molecule has 20 heavy (non-hydrogen) atoms. The highest BCUT2D eigenvalue weighted by Crippen LogP contribution is 2.22. The number of hydrogen-bond donors (Lipinski definition) is 1. The summed E-state index contributed by atoms with van der Waals surface area (Å²) in [4.78, 5) is 23.4. The summed E-state index contributed by atoms with van der Waals surface area (Å²) in [5.74, 6) is -1.80. The summed E-state index contributed by atoms with van der Waals surface area (Å²) in [5, 5.41) is 9.32. The van der Waals surface area contributed by atoms with Crippen LogP contribution >= 0.6 is 0 Å².